The molecule has 8 heteroatoms. The van der Waals surface area contributed by atoms with Gasteiger partial charge in [-0.3, -0.25) is 0 Å². The molecule has 1 N–H and O–H groups in total. The average molecular weight is 322 g/mol. The number of anilines is 1. The Bertz CT molecular complexity index is 527. The lowest BCUT2D eigenvalue weighted by molar-refractivity contribution is 0.203. The Kier molecular flexibility index (Phi) is 4.75. The number of rotatable bonds is 4. The third kappa shape index (κ3) is 3.24. The highest BCUT2D eigenvalue weighted by Gasteiger charge is 2.34. The van der Waals surface area contributed by atoms with E-state index < -0.39 is 21.3 Å². The maximum Gasteiger partial charge on any atom is 0.186 e. The standard InChI is InChI=1S/C11H18N2O3S3/c1-3-19(15,16)10-7-17-5-4-13(10)11-12-6-9(18-11)8(2)14/h6,8,10,14H,3-5,7H2,1-2H3. The number of aliphatic hydroxyl groups is 1. The predicted octanol–water partition coefficient (Wildman–Crippen LogP) is 1.51. The SMILES string of the molecule is CCS(=O)(=O)C1CSCCN1c1ncc(C(C)O)s1. The molecule has 0 saturated carbocycles. The fraction of sp³-hybridized carbons (Fsp3) is 0.727. The summed E-state index contributed by atoms with van der Waals surface area (Å²) in [4.78, 5) is 6.90. The van der Waals surface area contributed by atoms with Gasteiger partial charge in [-0.15, -0.1) is 0 Å². The van der Waals surface area contributed by atoms with Crippen molar-refractivity contribution in [1.82, 2.24) is 4.98 Å². The molecule has 1 aromatic heterocycles. The first-order valence-corrected chi connectivity index (χ1v) is 9.84. The summed E-state index contributed by atoms with van der Waals surface area (Å²) in [5.41, 5.74) is 0. The van der Waals surface area contributed by atoms with E-state index in [4.69, 9.17) is 0 Å². The van der Waals surface area contributed by atoms with Gasteiger partial charge in [-0.2, -0.15) is 11.8 Å². The first kappa shape index (κ1) is 15.1. The van der Waals surface area contributed by atoms with Crippen molar-refractivity contribution in [3.8, 4) is 0 Å². The van der Waals surface area contributed by atoms with Crippen molar-refractivity contribution in [2.75, 3.05) is 28.7 Å². The van der Waals surface area contributed by atoms with Gasteiger partial charge in [-0.1, -0.05) is 18.3 Å². The zero-order chi connectivity index (χ0) is 14.0. The van der Waals surface area contributed by atoms with Crippen LogP contribution in [0.4, 0.5) is 5.13 Å². The van der Waals surface area contributed by atoms with E-state index in [1.165, 1.54) is 11.3 Å². The lowest BCUT2D eigenvalue weighted by atomic mass is 10.4. The quantitative estimate of drug-likeness (QED) is 0.906. The van der Waals surface area contributed by atoms with Crippen molar-refractivity contribution >= 4 is 38.1 Å². The molecule has 0 bridgehead atoms. The predicted molar refractivity (Wildman–Crippen MR) is 80.7 cm³/mol. The number of aliphatic hydroxyl groups excluding tert-OH is 1. The largest absolute Gasteiger partial charge is 0.388 e. The highest BCUT2D eigenvalue weighted by Crippen LogP contribution is 2.32. The van der Waals surface area contributed by atoms with E-state index in [9.17, 15) is 13.5 Å². The second-order valence-electron chi connectivity index (χ2n) is 4.40. The number of thiazole rings is 1. The van der Waals surface area contributed by atoms with Gasteiger partial charge in [0.1, 0.15) is 5.37 Å². The molecule has 0 aliphatic carbocycles. The van der Waals surface area contributed by atoms with E-state index in [0.29, 0.717) is 17.4 Å². The molecule has 2 heterocycles. The van der Waals surface area contributed by atoms with Crippen LogP contribution < -0.4 is 4.90 Å². The van der Waals surface area contributed by atoms with Crippen molar-refractivity contribution in [2.45, 2.75) is 25.3 Å². The van der Waals surface area contributed by atoms with Crippen molar-refractivity contribution in [3.05, 3.63) is 11.1 Å². The molecule has 19 heavy (non-hydrogen) atoms. The first-order valence-electron chi connectivity index (χ1n) is 6.15. The van der Waals surface area contributed by atoms with Gasteiger partial charge in [0, 0.05) is 30.0 Å². The van der Waals surface area contributed by atoms with Crippen molar-refractivity contribution in [3.63, 3.8) is 0 Å². The maximum absolute atomic E-state index is 12.2. The summed E-state index contributed by atoms with van der Waals surface area (Å²) >= 11 is 3.03. The molecule has 2 rings (SSSR count). The van der Waals surface area contributed by atoms with Crippen molar-refractivity contribution in [2.24, 2.45) is 0 Å². The molecule has 0 radical (unpaired) electrons. The van der Waals surface area contributed by atoms with E-state index in [1.54, 1.807) is 31.8 Å². The normalized spacial score (nSPS) is 22.5. The van der Waals surface area contributed by atoms with E-state index in [2.05, 4.69) is 4.98 Å². The Morgan fingerprint density at radius 2 is 2.37 bits per heavy atom. The van der Waals surface area contributed by atoms with Crippen molar-refractivity contribution in [1.29, 1.82) is 0 Å². The fourth-order valence-electron chi connectivity index (χ4n) is 1.89. The maximum atomic E-state index is 12.2. The first-order chi connectivity index (χ1) is 8.95. The second-order valence-corrected chi connectivity index (χ2v) is 9.03. The minimum atomic E-state index is -3.12. The van der Waals surface area contributed by atoms with Crippen LogP contribution in [0.1, 0.15) is 24.8 Å². The van der Waals surface area contributed by atoms with Gasteiger partial charge in [0.15, 0.2) is 15.0 Å². The van der Waals surface area contributed by atoms with Gasteiger partial charge in [0.2, 0.25) is 0 Å². The molecule has 0 amide bonds. The zero-order valence-corrected chi connectivity index (χ0v) is 13.4. The summed E-state index contributed by atoms with van der Waals surface area (Å²) in [5, 5.41) is 9.73. The van der Waals surface area contributed by atoms with Gasteiger partial charge < -0.3 is 10.0 Å². The van der Waals surface area contributed by atoms with Crippen LogP contribution in [0.25, 0.3) is 0 Å². The summed E-state index contributed by atoms with van der Waals surface area (Å²) in [7, 11) is -3.12. The van der Waals surface area contributed by atoms with Crippen LogP contribution >= 0.6 is 23.1 Å². The zero-order valence-electron chi connectivity index (χ0n) is 10.9. The van der Waals surface area contributed by atoms with Crippen LogP contribution in [0.3, 0.4) is 0 Å². The van der Waals surface area contributed by atoms with E-state index >= 15 is 0 Å². The molecule has 2 unspecified atom stereocenters. The Hall–Kier alpha value is -0.310. The van der Waals surface area contributed by atoms with E-state index in [1.807, 2.05) is 4.90 Å². The van der Waals surface area contributed by atoms with Gasteiger partial charge >= 0.3 is 0 Å². The minimum absolute atomic E-state index is 0.142. The highest BCUT2D eigenvalue weighted by atomic mass is 32.2. The van der Waals surface area contributed by atoms with Gasteiger partial charge in [-0.25, -0.2) is 13.4 Å². The number of hydrogen-bond acceptors (Lipinski definition) is 7. The molecular formula is C11H18N2O3S3. The monoisotopic (exact) mass is 322 g/mol. The van der Waals surface area contributed by atoms with Crippen LogP contribution in [0.2, 0.25) is 0 Å². The smallest absolute Gasteiger partial charge is 0.186 e. The summed E-state index contributed by atoms with van der Waals surface area (Å²) in [6, 6.07) is 0. The Morgan fingerprint density at radius 3 is 2.95 bits per heavy atom. The molecule has 1 aromatic rings. The van der Waals surface area contributed by atoms with Crippen molar-refractivity contribution < 1.29 is 13.5 Å². The van der Waals surface area contributed by atoms with Crippen LogP contribution in [0.15, 0.2) is 6.20 Å². The number of nitrogens with zero attached hydrogens (tertiary/aromatic N) is 2. The third-order valence-corrected chi connectivity index (χ3v) is 7.56. The topological polar surface area (TPSA) is 70.5 Å². The van der Waals surface area contributed by atoms with Crippen LogP contribution in [0, 0.1) is 0 Å². The van der Waals surface area contributed by atoms with Gasteiger partial charge in [-0.05, 0) is 6.92 Å². The van der Waals surface area contributed by atoms with Crippen LogP contribution in [-0.4, -0.2) is 47.7 Å². The van der Waals surface area contributed by atoms with Crippen LogP contribution in [0.5, 0.6) is 0 Å². The Morgan fingerprint density at radius 1 is 1.63 bits per heavy atom. The summed E-state index contributed by atoms with van der Waals surface area (Å²) in [5.74, 6) is 1.63. The lowest BCUT2D eigenvalue weighted by Gasteiger charge is -2.34. The van der Waals surface area contributed by atoms with Gasteiger partial charge in [0.05, 0.1) is 11.0 Å². The molecule has 108 valence electrons. The number of thioether (sulfide) groups is 1. The molecule has 2 atom stereocenters. The number of sulfone groups is 1. The summed E-state index contributed by atoms with van der Waals surface area (Å²) in [6.07, 6.45) is 1.06. The average Bonchev–Trinajstić information content (AvgIpc) is 2.88. The molecule has 5 nitrogen and oxygen atoms in total. The number of hydrogen-bond donors (Lipinski definition) is 1. The molecule has 0 aromatic carbocycles. The molecule has 1 saturated heterocycles. The summed E-state index contributed by atoms with van der Waals surface area (Å²) < 4.78 is 24.3. The van der Waals surface area contributed by atoms with E-state index in [0.717, 1.165) is 10.6 Å². The number of aromatic nitrogens is 1. The Balaban J connectivity index is 2.29. The van der Waals surface area contributed by atoms with Gasteiger partial charge in [0.25, 0.3) is 0 Å². The third-order valence-electron chi connectivity index (χ3n) is 3.07. The Labute approximate surface area is 122 Å². The molecule has 0 spiro atoms. The molecular weight excluding hydrogens is 304 g/mol. The summed E-state index contributed by atoms with van der Waals surface area (Å²) in [6.45, 7) is 4.04. The van der Waals surface area contributed by atoms with Crippen LogP contribution in [-0.2, 0) is 9.84 Å². The molecule has 1 fully saturated rings. The molecule has 1 aliphatic rings. The van der Waals surface area contributed by atoms with E-state index in [-0.39, 0.29) is 5.75 Å². The fourth-order valence-corrected chi connectivity index (χ4v) is 5.86. The lowest BCUT2D eigenvalue weighted by Crippen LogP contribution is -2.47. The molecule has 1 aliphatic heterocycles. The minimum Gasteiger partial charge on any atom is -0.388 e. The second kappa shape index (κ2) is 5.99. The highest BCUT2D eigenvalue weighted by molar-refractivity contribution is 8.01.